The summed E-state index contributed by atoms with van der Waals surface area (Å²) in [6.07, 6.45) is 1.72. The molecule has 0 unspecified atom stereocenters. The predicted octanol–water partition coefficient (Wildman–Crippen LogP) is 2.76. The molecule has 3 heteroatoms. The Morgan fingerprint density at radius 3 is 2.00 bits per heavy atom. The van der Waals surface area contributed by atoms with Gasteiger partial charge >= 0.3 is 5.97 Å². The van der Waals surface area contributed by atoms with Gasteiger partial charge in [0.1, 0.15) is 6.10 Å². The highest BCUT2D eigenvalue weighted by Gasteiger charge is 2.44. The first-order valence-electron chi connectivity index (χ1n) is 6.17. The summed E-state index contributed by atoms with van der Waals surface area (Å²) in [6, 6.07) is 0. The van der Waals surface area contributed by atoms with Crippen LogP contribution in [-0.4, -0.2) is 35.1 Å². The van der Waals surface area contributed by atoms with Gasteiger partial charge in [0.15, 0.2) is 0 Å². The molecule has 0 radical (unpaired) electrons. The fourth-order valence-electron chi connectivity index (χ4n) is 2.61. The molecule has 0 bridgehead atoms. The van der Waals surface area contributed by atoms with Crippen molar-refractivity contribution in [1.82, 2.24) is 4.90 Å². The Morgan fingerprint density at radius 2 is 1.65 bits per heavy atom. The van der Waals surface area contributed by atoms with E-state index >= 15 is 0 Å². The molecule has 0 spiro atoms. The summed E-state index contributed by atoms with van der Waals surface area (Å²) in [6.45, 7) is 14.1. The zero-order chi connectivity index (χ0) is 13.4. The molecule has 0 aromatic carbocycles. The average Bonchev–Trinajstić information content (AvgIpc) is 2.12. The predicted molar refractivity (Wildman–Crippen MR) is 69.8 cm³/mol. The minimum atomic E-state index is -0.272. The second-order valence-corrected chi connectivity index (χ2v) is 6.40. The third-order valence-electron chi connectivity index (χ3n) is 3.89. The molecular weight excluding hydrogens is 214 g/mol. The van der Waals surface area contributed by atoms with Crippen molar-refractivity contribution in [3.8, 4) is 0 Å². The highest BCUT2D eigenvalue weighted by atomic mass is 16.5. The zero-order valence-electron chi connectivity index (χ0n) is 12.0. The number of hydrogen-bond donors (Lipinski definition) is 0. The van der Waals surface area contributed by atoms with E-state index in [1.807, 2.05) is 0 Å². The van der Waals surface area contributed by atoms with E-state index in [1.54, 1.807) is 6.92 Å². The molecule has 0 saturated carbocycles. The maximum absolute atomic E-state index is 11.6. The second-order valence-electron chi connectivity index (χ2n) is 6.40. The van der Waals surface area contributed by atoms with E-state index in [4.69, 9.17) is 4.74 Å². The lowest BCUT2D eigenvalue weighted by molar-refractivity contribution is -0.154. The second kappa shape index (κ2) is 4.45. The molecule has 17 heavy (non-hydrogen) atoms. The third kappa shape index (κ3) is 3.09. The number of carbonyl (C=O) groups is 1. The largest absolute Gasteiger partial charge is 0.459 e. The van der Waals surface area contributed by atoms with Crippen LogP contribution in [0.15, 0.2) is 12.2 Å². The van der Waals surface area contributed by atoms with Crippen molar-refractivity contribution < 1.29 is 9.53 Å². The lowest BCUT2D eigenvalue weighted by Crippen LogP contribution is -2.60. The number of rotatable bonds is 2. The zero-order valence-corrected chi connectivity index (χ0v) is 12.0. The fourth-order valence-corrected chi connectivity index (χ4v) is 2.61. The molecular formula is C14H25NO2. The first-order valence-corrected chi connectivity index (χ1v) is 6.17. The van der Waals surface area contributed by atoms with E-state index in [0.717, 1.165) is 12.8 Å². The Kier molecular flexibility index (Phi) is 3.72. The Bertz CT molecular complexity index is 313. The minimum Gasteiger partial charge on any atom is -0.459 e. The number of piperidine rings is 1. The van der Waals surface area contributed by atoms with Crippen molar-refractivity contribution >= 4 is 5.97 Å². The summed E-state index contributed by atoms with van der Waals surface area (Å²) in [5, 5.41) is 0. The molecule has 0 aliphatic carbocycles. The van der Waals surface area contributed by atoms with Gasteiger partial charge in [-0.2, -0.15) is 0 Å². The van der Waals surface area contributed by atoms with Crippen LogP contribution in [0.4, 0.5) is 0 Å². The standard InChI is InChI=1S/C14H25NO2/c1-10(2)12(16)17-11-8-13(3,4)15(7)14(5,6)9-11/h11H,1,8-9H2,2-7H3. The Morgan fingerprint density at radius 1 is 1.24 bits per heavy atom. The normalized spacial score (nSPS) is 24.4. The number of carbonyl (C=O) groups excluding carboxylic acids is 1. The van der Waals surface area contributed by atoms with E-state index < -0.39 is 0 Å². The summed E-state index contributed by atoms with van der Waals surface area (Å²) < 4.78 is 5.51. The van der Waals surface area contributed by atoms with Gasteiger partial charge in [-0.25, -0.2) is 4.79 Å². The molecule has 0 amide bonds. The lowest BCUT2D eigenvalue weighted by atomic mass is 9.79. The maximum Gasteiger partial charge on any atom is 0.333 e. The van der Waals surface area contributed by atoms with Crippen molar-refractivity contribution in [2.24, 2.45) is 0 Å². The number of esters is 1. The number of likely N-dealkylation sites (tertiary alicyclic amines) is 1. The van der Waals surface area contributed by atoms with Crippen LogP contribution < -0.4 is 0 Å². The van der Waals surface area contributed by atoms with Gasteiger partial charge in [0.2, 0.25) is 0 Å². The van der Waals surface area contributed by atoms with Crippen LogP contribution in [0.3, 0.4) is 0 Å². The van der Waals surface area contributed by atoms with Gasteiger partial charge in [-0.3, -0.25) is 4.90 Å². The topological polar surface area (TPSA) is 29.5 Å². The van der Waals surface area contributed by atoms with Gasteiger partial charge < -0.3 is 4.74 Å². The minimum absolute atomic E-state index is 0.0135. The molecule has 0 N–H and O–H groups in total. The van der Waals surface area contributed by atoms with E-state index in [2.05, 4.69) is 46.2 Å². The quantitative estimate of drug-likeness (QED) is 0.548. The molecule has 1 saturated heterocycles. The van der Waals surface area contributed by atoms with Crippen molar-refractivity contribution in [2.75, 3.05) is 7.05 Å². The molecule has 0 aromatic heterocycles. The van der Waals surface area contributed by atoms with Crippen molar-refractivity contribution in [3.63, 3.8) is 0 Å². The van der Waals surface area contributed by atoms with E-state index in [9.17, 15) is 4.79 Å². The van der Waals surface area contributed by atoms with Crippen LogP contribution in [0.1, 0.15) is 47.5 Å². The first-order chi connectivity index (χ1) is 7.56. The maximum atomic E-state index is 11.6. The molecule has 1 rings (SSSR count). The van der Waals surface area contributed by atoms with Gasteiger partial charge in [-0.1, -0.05) is 6.58 Å². The monoisotopic (exact) mass is 239 g/mol. The molecule has 1 fully saturated rings. The van der Waals surface area contributed by atoms with Crippen molar-refractivity contribution in [2.45, 2.75) is 64.6 Å². The van der Waals surface area contributed by atoms with Gasteiger partial charge in [-0.05, 0) is 41.7 Å². The molecule has 1 aliphatic heterocycles. The van der Waals surface area contributed by atoms with Crippen LogP contribution >= 0.6 is 0 Å². The van der Waals surface area contributed by atoms with Crippen LogP contribution in [0.2, 0.25) is 0 Å². The molecule has 98 valence electrons. The van der Waals surface area contributed by atoms with Crippen LogP contribution in [0.25, 0.3) is 0 Å². The summed E-state index contributed by atoms with van der Waals surface area (Å²) in [7, 11) is 2.14. The molecule has 0 atom stereocenters. The summed E-state index contributed by atoms with van der Waals surface area (Å²) in [5.74, 6) is -0.272. The Balaban J connectivity index is 2.78. The SMILES string of the molecule is C=C(C)C(=O)OC1CC(C)(C)N(C)C(C)(C)C1. The van der Waals surface area contributed by atoms with Crippen LogP contribution in [-0.2, 0) is 9.53 Å². The van der Waals surface area contributed by atoms with E-state index in [0.29, 0.717) is 5.57 Å². The smallest absolute Gasteiger partial charge is 0.333 e. The summed E-state index contributed by atoms with van der Waals surface area (Å²) in [4.78, 5) is 13.9. The number of nitrogens with zero attached hydrogens (tertiary/aromatic N) is 1. The van der Waals surface area contributed by atoms with Gasteiger partial charge in [0.25, 0.3) is 0 Å². The van der Waals surface area contributed by atoms with Crippen LogP contribution in [0.5, 0.6) is 0 Å². The molecule has 1 heterocycles. The van der Waals surface area contributed by atoms with Gasteiger partial charge in [-0.15, -0.1) is 0 Å². The number of hydrogen-bond acceptors (Lipinski definition) is 3. The highest BCUT2D eigenvalue weighted by molar-refractivity contribution is 5.87. The molecule has 3 nitrogen and oxygen atoms in total. The molecule has 0 aromatic rings. The van der Waals surface area contributed by atoms with Crippen molar-refractivity contribution in [3.05, 3.63) is 12.2 Å². The van der Waals surface area contributed by atoms with Crippen LogP contribution in [0, 0.1) is 0 Å². The number of ether oxygens (including phenoxy) is 1. The summed E-state index contributed by atoms with van der Waals surface area (Å²) in [5.41, 5.74) is 0.559. The first kappa shape index (κ1) is 14.2. The molecule has 1 aliphatic rings. The van der Waals surface area contributed by atoms with E-state index in [-0.39, 0.29) is 23.2 Å². The Hall–Kier alpha value is -0.830. The Labute approximate surface area is 105 Å². The van der Waals surface area contributed by atoms with Crippen molar-refractivity contribution in [1.29, 1.82) is 0 Å². The van der Waals surface area contributed by atoms with Gasteiger partial charge in [0, 0.05) is 29.5 Å². The lowest BCUT2D eigenvalue weighted by Gasteiger charge is -2.53. The highest BCUT2D eigenvalue weighted by Crippen LogP contribution is 2.38. The average molecular weight is 239 g/mol. The summed E-state index contributed by atoms with van der Waals surface area (Å²) >= 11 is 0. The third-order valence-corrected chi connectivity index (χ3v) is 3.89. The fraction of sp³-hybridized carbons (Fsp3) is 0.786. The van der Waals surface area contributed by atoms with E-state index in [1.165, 1.54) is 0 Å². The van der Waals surface area contributed by atoms with Gasteiger partial charge in [0.05, 0.1) is 0 Å².